The smallest absolute Gasteiger partial charge is 0.245 e. The Morgan fingerprint density at radius 1 is 1.19 bits per heavy atom. The van der Waals surface area contributed by atoms with Gasteiger partial charge >= 0.3 is 0 Å². The van der Waals surface area contributed by atoms with Crippen LogP contribution in [0.3, 0.4) is 0 Å². The number of nitrogens with zero attached hydrogens (tertiary/aromatic N) is 4. The Balaban J connectivity index is 1.31. The Kier molecular flexibility index (Phi) is 5.02. The van der Waals surface area contributed by atoms with Gasteiger partial charge in [0.15, 0.2) is 0 Å². The van der Waals surface area contributed by atoms with E-state index in [0.717, 1.165) is 57.9 Å². The number of hydrazine groups is 1. The number of anilines is 1. The molecule has 4 atom stereocenters. The fraction of sp³-hybridized carbons (Fsp3) is 0.720. The molecule has 7 heteroatoms. The predicted molar refractivity (Wildman–Crippen MR) is 124 cm³/mol. The Labute approximate surface area is 191 Å². The molecule has 7 nitrogen and oxygen atoms in total. The third kappa shape index (κ3) is 3.27. The minimum Gasteiger partial charge on any atom is -0.340 e. The highest BCUT2D eigenvalue weighted by Crippen LogP contribution is 2.45. The lowest BCUT2D eigenvalue weighted by molar-refractivity contribution is -0.136. The van der Waals surface area contributed by atoms with Crippen molar-refractivity contribution in [3.05, 3.63) is 29.6 Å². The van der Waals surface area contributed by atoms with Crippen molar-refractivity contribution in [3.63, 3.8) is 0 Å². The van der Waals surface area contributed by atoms with Crippen LogP contribution in [0.15, 0.2) is 12.7 Å². The van der Waals surface area contributed by atoms with Crippen LogP contribution >= 0.6 is 0 Å². The Morgan fingerprint density at radius 3 is 2.88 bits per heavy atom. The highest BCUT2D eigenvalue weighted by Gasteiger charge is 2.50. The number of nitrogens with one attached hydrogen (secondary N) is 2. The monoisotopic (exact) mass is 436 g/mol. The summed E-state index contributed by atoms with van der Waals surface area (Å²) in [5.41, 5.74) is 11.3. The van der Waals surface area contributed by atoms with Gasteiger partial charge in [-0.3, -0.25) is 15.6 Å². The van der Waals surface area contributed by atoms with Crippen molar-refractivity contribution >= 4 is 11.9 Å². The van der Waals surface area contributed by atoms with E-state index < -0.39 is 0 Å². The molecule has 4 heterocycles. The van der Waals surface area contributed by atoms with Gasteiger partial charge in [-0.25, -0.2) is 9.97 Å². The average Bonchev–Trinajstić information content (AvgIpc) is 3.44. The van der Waals surface area contributed by atoms with Crippen LogP contribution in [0.5, 0.6) is 0 Å². The van der Waals surface area contributed by atoms with Gasteiger partial charge in [0.25, 0.3) is 0 Å². The molecule has 6 rings (SSSR count). The molecule has 2 N–H and O–H groups in total. The summed E-state index contributed by atoms with van der Waals surface area (Å²) in [7, 11) is 0. The van der Waals surface area contributed by atoms with Crippen molar-refractivity contribution in [2.45, 2.75) is 63.8 Å². The van der Waals surface area contributed by atoms with E-state index in [1.807, 2.05) is 4.90 Å². The number of amides is 1. The summed E-state index contributed by atoms with van der Waals surface area (Å²) in [6.45, 7) is 10.7. The van der Waals surface area contributed by atoms with Gasteiger partial charge in [-0.1, -0.05) is 13.5 Å². The number of hydrogen-bond donors (Lipinski definition) is 2. The fourth-order valence-corrected chi connectivity index (χ4v) is 7.11. The molecule has 172 valence electrons. The minimum absolute atomic E-state index is 0.0555. The van der Waals surface area contributed by atoms with E-state index in [4.69, 9.17) is 9.97 Å². The van der Waals surface area contributed by atoms with Crippen LogP contribution in [0, 0.1) is 17.3 Å². The van der Waals surface area contributed by atoms with Gasteiger partial charge in [-0.2, -0.15) is 0 Å². The molecule has 4 unspecified atom stereocenters. The van der Waals surface area contributed by atoms with Crippen molar-refractivity contribution < 1.29 is 4.79 Å². The van der Waals surface area contributed by atoms with E-state index in [-0.39, 0.29) is 11.3 Å². The summed E-state index contributed by atoms with van der Waals surface area (Å²) in [4.78, 5) is 26.7. The van der Waals surface area contributed by atoms with Gasteiger partial charge in [0, 0.05) is 55.8 Å². The minimum atomic E-state index is 0.0555. The highest BCUT2D eigenvalue weighted by atomic mass is 16.2. The van der Waals surface area contributed by atoms with Crippen molar-refractivity contribution in [1.29, 1.82) is 0 Å². The first-order chi connectivity index (χ1) is 15.6. The lowest BCUT2D eigenvalue weighted by Crippen LogP contribution is -2.59. The molecule has 1 amide bonds. The van der Waals surface area contributed by atoms with Crippen LogP contribution < -0.4 is 15.8 Å². The first-order valence-corrected chi connectivity index (χ1v) is 12.6. The number of aryl methyl sites for hydroxylation is 1. The zero-order chi connectivity index (χ0) is 21.9. The normalized spacial score (nSPS) is 33.0. The lowest BCUT2D eigenvalue weighted by atomic mass is 9.69. The lowest BCUT2D eigenvalue weighted by Gasteiger charge is -2.47. The van der Waals surface area contributed by atoms with E-state index in [2.05, 4.69) is 29.3 Å². The number of carbonyl (C=O) groups is 1. The third-order valence-electron chi connectivity index (χ3n) is 8.91. The molecule has 2 aliphatic carbocycles. The molecule has 4 fully saturated rings. The quantitative estimate of drug-likeness (QED) is 0.708. The summed E-state index contributed by atoms with van der Waals surface area (Å²) in [5.74, 6) is 2.78. The maximum absolute atomic E-state index is 11.9. The van der Waals surface area contributed by atoms with Crippen molar-refractivity contribution in [2.75, 3.05) is 37.6 Å². The van der Waals surface area contributed by atoms with Gasteiger partial charge in [0.2, 0.25) is 11.9 Å². The van der Waals surface area contributed by atoms with E-state index in [1.165, 1.54) is 48.7 Å². The molecular weight excluding hydrogens is 400 g/mol. The van der Waals surface area contributed by atoms with Crippen LogP contribution in [0.4, 0.5) is 5.95 Å². The Hall–Kier alpha value is -1.99. The molecule has 1 aromatic rings. The van der Waals surface area contributed by atoms with E-state index >= 15 is 0 Å². The number of carbonyl (C=O) groups excluding carboxylic acids is 1. The molecule has 1 spiro atoms. The number of fused-ring (bicyclic) bond motifs is 2. The second-order valence-corrected chi connectivity index (χ2v) is 11.0. The number of likely N-dealkylation sites (tertiary alicyclic amines) is 1. The highest BCUT2D eigenvalue weighted by molar-refractivity contribution is 5.87. The molecule has 32 heavy (non-hydrogen) atoms. The van der Waals surface area contributed by atoms with E-state index in [9.17, 15) is 4.79 Å². The molecule has 0 bridgehead atoms. The van der Waals surface area contributed by atoms with E-state index in [1.54, 1.807) is 0 Å². The van der Waals surface area contributed by atoms with Gasteiger partial charge in [-0.05, 0) is 68.4 Å². The van der Waals surface area contributed by atoms with Crippen LogP contribution in [-0.4, -0.2) is 59.5 Å². The number of hydrogen-bond acceptors (Lipinski definition) is 6. The average molecular weight is 437 g/mol. The first kappa shape index (κ1) is 20.6. The van der Waals surface area contributed by atoms with Crippen molar-refractivity contribution in [1.82, 2.24) is 25.7 Å². The summed E-state index contributed by atoms with van der Waals surface area (Å²) in [6, 6.07) is 0.475. The van der Waals surface area contributed by atoms with Crippen LogP contribution in [-0.2, 0) is 17.6 Å². The molecular formula is C25H36N6O. The Bertz CT molecular complexity index is 925. The largest absolute Gasteiger partial charge is 0.340 e. The summed E-state index contributed by atoms with van der Waals surface area (Å²) in [5, 5.41) is 0. The SMILES string of the molecule is C=CC(=O)N1CC2(CCN(c3nc4c(c(C5C(C)CCC6CNNC65)n3)CCCC4)C2)C1. The van der Waals surface area contributed by atoms with E-state index in [0.29, 0.717) is 23.8 Å². The maximum Gasteiger partial charge on any atom is 0.245 e. The van der Waals surface area contributed by atoms with Crippen molar-refractivity contribution in [3.8, 4) is 0 Å². The summed E-state index contributed by atoms with van der Waals surface area (Å²) >= 11 is 0. The van der Waals surface area contributed by atoms with Gasteiger partial charge < -0.3 is 9.80 Å². The number of rotatable bonds is 3. The molecule has 5 aliphatic rings. The number of aromatic nitrogens is 2. The van der Waals surface area contributed by atoms with Gasteiger partial charge in [0.05, 0.1) is 5.69 Å². The standard InChI is InChI=1S/C25H36N6O/c1-3-20(32)31-14-25(15-31)10-11-30(13-25)24-27-19-7-5-4-6-18(19)23(28-24)21-16(2)8-9-17-12-26-29-22(17)21/h3,16-17,21-22,26,29H,1,4-15H2,2H3. The van der Waals surface area contributed by atoms with Crippen LogP contribution in [0.25, 0.3) is 0 Å². The third-order valence-corrected chi connectivity index (χ3v) is 8.91. The molecule has 3 saturated heterocycles. The van der Waals surface area contributed by atoms with Gasteiger partial charge in [-0.15, -0.1) is 0 Å². The molecule has 1 aromatic heterocycles. The molecule has 0 aromatic carbocycles. The maximum atomic E-state index is 11.9. The first-order valence-electron chi connectivity index (χ1n) is 12.6. The fourth-order valence-electron chi connectivity index (χ4n) is 7.11. The topological polar surface area (TPSA) is 73.4 Å². The zero-order valence-corrected chi connectivity index (χ0v) is 19.3. The Morgan fingerprint density at radius 2 is 2.03 bits per heavy atom. The molecule has 0 radical (unpaired) electrons. The zero-order valence-electron chi connectivity index (χ0n) is 19.3. The second-order valence-electron chi connectivity index (χ2n) is 11.0. The van der Waals surface area contributed by atoms with Crippen molar-refractivity contribution in [2.24, 2.45) is 17.3 Å². The predicted octanol–water partition coefficient (Wildman–Crippen LogP) is 2.19. The summed E-state index contributed by atoms with van der Waals surface area (Å²) < 4.78 is 0. The molecule has 1 saturated carbocycles. The summed E-state index contributed by atoms with van der Waals surface area (Å²) in [6.07, 6.45) is 9.82. The van der Waals surface area contributed by atoms with Crippen LogP contribution in [0.2, 0.25) is 0 Å². The van der Waals surface area contributed by atoms with Gasteiger partial charge in [0.1, 0.15) is 0 Å². The van der Waals surface area contributed by atoms with Crippen LogP contribution in [0.1, 0.15) is 61.9 Å². The molecule has 3 aliphatic heterocycles. The second kappa shape index (κ2) is 7.80.